The summed E-state index contributed by atoms with van der Waals surface area (Å²) in [6.07, 6.45) is -0.294. The summed E-state index contributed by atoms with van der Waals surface area (Å²) in [5.74, 6) is 0.272. The van der Waals surface area contributed by atoms with E-state index in [9.17, 15) is 5.21 Å². The first kappa shape index (κ1) is 15.8. The maximum atomic E-state index is 13.4. The molecule has 0 N–H and O–H groups in total. The second kappa shape index (κ2) is 6.21. The highest BCUT2D eigenvalue weighted by Crippen LogP contribution is 2.36. The number of alkyl halides is 2. The number of hydrogen-bond acceptors (Lipinski definition) is 7. The van der Waals surface area contributed by atoms with E-state index in [1.54, 1.807) is 0 Å². The summed E-state index contributed by atoms with van der Waals surface area (Å²) in [6, 6.07) is 0. The zero-order chi connectivity index (χ0) is 15.0. The van der Waals surface area contributed by atoms with E-state index >= 15 is 0 Å². The number of rotatable bonds is 3. The van der Waals surface area contributed by atoms with E-state index in [0.717, 1.165) is 0 Å². The summed E-state index contributed by atoms with van der Waals surface area (Å²) in [5.41, 5.74) is -0.290. The van der Waals surface area contributed by atoms with Crippen LogP contribution in [0.3, 0.4) is 0 Å². The molecule has 3 rings (SSSR count). The first-order chi connectivity index (χ1) is 10.0. The molecule has 0 aromatic carbocycles. The van der Waals surface area contributed by atoms with Crippen LogP contribution in [0.25, 0.3) is 0 Å². The lowest BCUT2D eigenvalue weighted by Gasteiger charge is -2.46. The van der Waals surface area contributed by atoms with Gasteiger partial charge in [0.05, 0.1) is 25.6 Å². The van der Waals surface area contributed by atoms with Gasteiger partial charge in [-0.25, -0.2) is 4.90 Å². The lowest BCUT2D eigenvalue weighted by atomic mass is 10.3. The number of morpholine rings is 1. The van der Waals surface area contributed by atoms with Gasteiger partial charge in [-0.1, -0.05) is 5.10 Å². The van der Waals surface area contributed by atoms with Gasteiger partial charge >= 0.3 is 5.13 Å². The predicted octanol–water partition coefficient (Wildman–Crippen LogP) is 1.21. The minimum atomic E-state index is -0.547. The van der Waals surface area contributed by atoms with Crippen LogP contribution in [0.1, 0.15) is 5.01 Å². The standard InChI is InChI=1S/C11H17Cl2N5O2S/c1-16-5-10(17-2-3-20-6-8(17)13)18(19,7-16)11-15-14-9(4-12)21-11/h8,10H,2-7H2,1H3. The third-order valence-electron chi connectivity index (χ3n) is 3.79. The fraction of sp³-hybridized carbons (Fsp3) is 0.818. The van der Waals surface area contributed by atoms with Crippen LogP contribution in [0, 0.1) is 5.21 Å². The lowest BCUT2D eigenvalue weighted by molar-refractivity contribution is -0.0195. The summed E-state index contributed by atoms with van der Waals surface area (Å²) in [7, 11) is 1.93. The topological polar surface area (TPSA) is 64.5 Å². The van der Waals surface area contributed by atoms with Crippen molar-refractivity contribution in [3.05, 3.63) is 10.2 Å². The molecule has 1 aromatic heterocycles. The normalized spacial score (nSPS) is 35.4. The van der Waals surface area contributed by atoms with Crippen LogP contribution in [-0.2, 0) is 10.6 Å². The number of ether oxygens (including phenoxy) is 1. The van der Waals surface area contributed by atoms with Gasteiger partial charge in [-0.15, -0.1) is 28.3 Å². The van der Waals surface area contributed by atoms with E-state index < -0.39 is 4.65 Å². The monoisotopic (exact) mass is 353 g/mol. The Bertz CT molecular complexity index is 507. The molecule has 3 unspecified atom stereocenters. The maximum absolute atomic E-state index is 13.4. The minimum absolute atomic E-state index is 0.272. The Morgan fingerprint density at radius 1 is 1.52 bits per heavy atom. The van der Waals surface area contributed by atoms with E-state index in [-0.39, 0.29) is 17.5 Å². The zero-order valence-electron chi connectivity index (χ0n) is 11.6. The fourth-order valence-corrected chi connectivity index (χ4v) is 4.12. The Morgan fingerprint density at radius 3 is 3.00 bits per heavy atom. The van der Waals surface area contributed by atoms with Crippen LogP contribution in [0.4, 0.5) is 5.13 Å². The Kier molecular flexibility index (Phi) is 4.68. The number of halogens is 2. The van der Waals surface area contributed by atoms with Gasteiger partial charge < -0.3 is 9.94 Å². The smallest absolute Gasteiger partial charge is 0.309 e. The van der Waals surface area contributed by atoms with Gasteiger partial charge in [-0.2, -0.15) is 0 Å². The number of hydroxylamine groups is 2. The average Bonchev–Trinajstić information content (AvgIpc) is 3.05. The molecule has 3 atom stereocenters. The largest absolute Gasteiger partial charge is 0.623 e. The van der Waals surface area contributed by atoms with Crippen LogP contribution in [0.5, 0.6) is 0 Å². The number of nitrogens with zero attached hydrogens (tertiary/aromatic N) is 5. The molecule has 0 spiro atoms. The van der Waals surface area contributed by atoms with Crippen molar-refractivity contribution in [2.45, 2.75) is 17.5 Å². The van der Waals surface area contributed by atoms with Crippen LogP contribution in [0.2, 0.25) is 0 Å². The molecule has 21 heavy (non-hydrogen) atoms. The van der Waals surface area contributed by atoms with Crippen molar-refractivity contribution in [3.63, 3.8) is 0 Å². The van der Waals surface area contributed by atoms with Crippen molar-refractivity contribution < 1.29 is 4.74 Å². The van der Waals surface area contributed by atoms with E-state index in [2.05, 4.69) is 10.2 Å². The van der Waals surface area contributed by atoms with Crippen molar-refractivity contribution >= 4 is 39.7 Å². The summed E-state index contributed by atoms with van der Waals surface area (Å²) in [4.78, 5) is 4.02. The Labute approximate surface area is 137 Å². The van der Waals surface area contributed by atoms with Crippen molar-refractivity contribution in [1.29, 1.82) is 0 Å². The van der Waals surface area contributed by atoms with Crippen molar-refractivity contribution in [1.82, 2.24) is 24.6 Å². The summed E-state index contributed by atoms with van der Waals surface area (Å²) >= 11 is 13.4. The third-order valence-corrected chi connectivity index (χ3v) is 5.62. The number of quaternary nitrogens is 1. The second-order valence-electron chi connectivity index (χ2n) is 5.32. The van der Waals surface area contributed by atoms with Gasteiger partial charge in [0.25, 0.3) is 0 Å². The first-order valence-electron chi connectivity index (χ1n) is 6.68. The van der Waals surface area contributed by atoms with E-state index in [1.807, 2.05) is 16.8 Å². The molecule has 3 heterocycles. The third kappa shape index (κ3) is 2.91. The Hall–Kier alpha value is -0.0600. The van der Waals surface area contributed by atoms with Crippen LogP contribution in [0.15, 0.2) is 0 Å². The predicted molar refractivity (Wildman–Crippen MR) is 83.1 cm³/mol. The molecule has 2 fully saturated rings. The number of aromatic nitrogens is 2. The van der Waals surface area contributed by atoms with Gasteiger partial charge in [0.2, 0.25) is 0 Å². The molecule has 2 saturated heterocycles. The van der Waals surface area contributed by atoms with Gasteiger partial charge in [-0.05, 0) is 18.4 Å². The fourth-order valence-electron chi connectivity index (χ4n) is 2.83. The zero-order valence-corrected chi connectivity index (χ0v) is 13.9. The van der Waals surface area contributed by atoms with Crippen LogP contribution in [-0.4, -0.2) is 71.7 Å². The quantitative estimate of drug-likeness (QED) is 0.352. The molecule has 1 aromatic rings. The molecule has 7 nitrogen and oxygen atoms in total. The summed E-state index contributed by atoms with van der Waals surface area (Å²) in [6.45, 7) is 2.65. The highest BCUT2D eigenvalue weighted by atomic mass is 35.5. The SMILES string of the molecule is CN1CC(N2CCOCC2Cl)[N+]([O-])(c2nnc(CCl)s2)C1. The summed E-state index contributed by atoms with van der Waals surface area (Å²) in [5, 5.41) is 22.6. The molecule has 0 radical (unpaired) electrons. The van der Waals surface area contributed by atoms with Crippen molar-refractivity contribution in [2.24, 2.45) is 0 Å². The van der Waals surface area contributed by atoms with Gasteiger partial charge in [0.15, 0.2) is 6.17 Å². The molecule has 2 aliphatic rings. The summed E-state index contributed by atoms with van der Waals surface area (Å²) < 4.78 is 4.81. The molecule has 0 bridgehead atoms. The number of hydrogen-bond donors (Lipinski definition) is 0. The van der Waals surface area contributed by atoms with Crippen LogP contribution < -0.4 is 4.65 Å². The lowest BCUT2D eigenvalue weighted by Crippen LogP contribution is -2.61. The maximum Gasteiger partial charge on any atom is 0.309 e. The molecule has 10 heteroatoms. The molecular formula is C11H17Cl2N5O2S. The van der Waals surface area contributed by atoms with E-state index in [0.29, 0.717) is 43.1 Å². The number of likely N-dealkylation sites (N-methyl/N-ethyl adjacent to an activating group) is 1. The average molecular weight is 354 g/mol. The molecular weight excluding hydrogens is 337 g/mol. The van der Waals surface area contributed by atoms with E-state index in [4.69, 9.17) is 27.9 Å². The highest BCUT2D eigenvalue weighted by molar-refractivity contribution is 7.15. The van der Waals surface area contributed by atoms with E-state index in [1.165, 1.54) is 11.3 Å². The van der Waals surface area contributed by atoms with Gasteiger partial charge in [0, 0.05) is 6.54 Å². The molecule has 0 aliphatic carbocycles. The first-order valence-corrected chi connectivity index (χ1v) is 8.47. The van der Waals surface area contributed by atoms with Gasteiger partial charge in [0.1, 0.15) is 17.2 Å². The van der Waals surface area contributed by atoms with Gasteiger partial charge in [-0.3, -0.25) is 9.55 Å². The Balaban J connectivity index is 1.90. The molecule has 0 saturated carbocycles. The Morgan fingerprint density at radius 2 is 2.33 bits per heavy atom. The minimum Gasteiger partial charge on any atom is -0.623 e. The van der Waals surface area contributed by atoms with Crippen molar-refractivity contribution in [2.75, 3.05) is 40.0 Å². The second-order valence-corrected chi connectivity index (χ2v) is 7.13. The highest BCUT2D eigenvalue weighted by Gasteiger charge is 2.48. The molecule has 0 amide bonds. The molecule has 118 valence electrons. The molecule has 2 aliphatic heterocycles. The van der Waals surface area contributed by atoms with Crippen molar-refractivity contribution in [3.8, 4) is 0 Å². The van der Waals surface area contributed by atoms with Crippen LogP contribution >= 0.6 is 34.5 Å².